The van der Waals surface area contributed by atoms with Crippen molar-refractivity contribution in [2.75, 3.05) is 24.5 Å². The Kier molecular flexibility index (Phi) is 4.08. The van der Waals surface area contributed by atoms with E-state index in [2.05, 4.69) is 20.2 Å². The van der Waals surface area contributed by atoms with Crippen LogP contribution in [0.1, 0.15) is 28.9 Å². The van der Waals surface area contributed by atoms with E-state index < -0.39 is 0 Å². The third-order valence-corrected chi connectivity index (χ3v) is 6.55. The van der Waals surface area contributed by atoms with Gasteiger partial charge in [-0.05, 0) is 38.0 Å². The van der Waals surface area contributed by atoms with Gasteiger partial charge in [-0.2, -0.15) is 0 Å². The fourth-order valence-electron chi connectivity index (χ4n) is 5.19. The Bertz CT molecular complexity index is 906. The van der Waals surface area contributed by atoms with Crippen LogP contribution in [-0.4, -0.2) is 47.2 Å². The lowest BCUT2D eigenvalue weighted by atomic mass is 9.73. The quantitative estimate of drug-likeness (QED) is 0.879. The van der Waals surface area contributed by atoms with E-state index in [9.17, 15) is 9.18 Å². The van der Waals surface area contributed by atoms with E-state index in [1.165, 1.54) is 6.20 Å². The van der Waals surface area contributed by atoms with E-state index in [4.69, 9.17) is 4.74 Å². The number of anilines is 1. The van der Waals surface area contributed by atoms with E-state index >= 15 is 0 Å². The smallest absolute Gasteiger partial charge is 0.252 e. The molecule has 4 atom stereocenters. The second-order valence-corrected chi connectivity index (χ2v) is 8.14. The lowest BCUT2D eigenvalue weighted by Crippen LogP contribution is -2.41. The summed E-state index contributed by atoms with van der Waals surface area (Å²) in [4.78, 5) is 22.6. The number of carbonyl (C=O) groups excluding carboxylic acids is 1. The van der Waals surface area contributed by atoms with Gasteiger partial charge in [0.05, 0.1) is 29.2 Å². The van der Waals surface area contributed by atoms with Gasteiger partial charge >= 0.3 is 0 Å². The topological polar surface area (TPSA) is 67.4 Å². The zero-order valence-corrected chi connectivity index (χ0v) is 15.8. The summed E-state index contributed by atoms with van der Waals surface area (Å²) in [6.45, 7) is 3.90. The molecule has 0 aromatic carbocycles. The summed E-state index contributed by atoms with van der Waals surface area (Å²) < 4.78 is 20.6. The highest BCUT2D eigenvalue weighted by atomic mass is 19.1. The first-order chi connectivity index (χ1) is 13.6. The minimum absolute atomic E-state index is 0.112. The Morgan fingerprint density at radius 2 is 2.29 bits per heavy atom. The van der Waals surface area contributed by atoms with Gasteiger partial charge in [-0.1, -0.05) is 0 Å². The second kappa shape index (κ2) is 6.51. The van der Waals surface area contributed by atoms with Crippen molar-refractivity contribution in [3.63, 3.8) is 0 Å². The van der Waals surface area contributed by atoms with Crippen LogP contribution in [0.5, 0.6) is 0 Å². The van der Waals surface area contributed by atoms with Gasteiger partial charge in [0.1, 0.15) is 0 Å². The Morgan fingerprint density at radius 1 is 1.39 bits per heavy atom. The summed E-state index contributed by atoms with van der Waals surface area (Å²) in [5, 5.41) is 3.06. The average molecular weight is 382 g/mol. The minimum atomic E-state index is -0.301. The first kappa shape index (κ1) is 17.6. The van der Waals surface area contributed by atoms with Gasteiger partial charge in [-0.25, -0.2) is 4.39 Å². The highest BCUT2D eigenvalue weighted by molar-refractivity contribution is 5.93. The zero-order valence-electron chi connectivity index (χ0n) is 15.8. The van der Waals surface area contributed by atoms with Crippen LogP contribution < -0.4 is 10.2 Å². The maximum absolute atomic E-state index is 14.2. The fourth-order valence-corrected chi connectivity index (χ4v) is 5.19. The van der Waals surface area contributed by atoms with Gasteiger partial charge in [0.2, 0.25) is 0 Å². The summed E-state index contributed by atoms with van der Waals surface area (Å²) in [7, 11) is 0. The fraction of sp³-hybridized carbons (Fsp3) is 0.476. The predicted molar refractivity (Wildman–Crippen MR) is 102 cm³/mol. The summed E-state index contributed by atoms with van der Waals surface area (Å²) in [5.41, 5.74) is 1.81. The molecule has 1 spiro atoms. The summed E-state index contributed by atoms with van der Waals surface area (Å²) in [6, 6.07) is 5.35. The maximum Gasteiger partial charge on any atom is 0.252 e. The molecule has 3 aliphatic heterocycles. The molecule has 6 nitrogen and oxygen atoms in total. The van der Waals surface area contributed by atoms with Gasteiger partial charge in [-0.3, -0.25) is 14.8 Å². The summed E-state index contributed by atoms with van der Waals surface area (Å²) in [6.07, 6.45) is 6.65. The van der Waals surface area contributed by atoms with Gasteiger partial charge in [0.25, 0.3) is 5.91 Å². The molecule has 2 bridgehead atoms. The molecule has 2 aromatic rings. The molecule has 28 heavy (non-hydrogen) atoms. The van der Waals surface area contributed by atoms with Crippen LogP contribution >= 0.6 is 0 Å². The average Bonchev–Trinajstić information content (AvgIpc) is 3.35. The predicted octanol–water partition coefficient (Wildman–Crippen LogP) is 2.34. The van der Waals surface area contributed by atoms with Gasteiger partial charge in [-0.15, -0.1) is 0 Å². The molecule has 2 aromatic heterocycles. The van der Waals surface area contributed by atoms with Crippen molar-refractivity contribution in [1.29, 1.82) is 0 Å². The number of amides is 1. The first-order valence-corrected chi connectivity index (χ1v) is 9.79. The molecule has 0 unspecified atom stereocenters. The van der Waals surface area contributed by atoms with E-state index in [-0.39, 0.29) is 35.3 Å². The molecule has 3 fully saturated rings. The van der Waals surface area contributed by atoms with Gasteiger partial charge in [0.15, 0.2) is 5.82 Å². The largest absolute Gasteiger partial charge is 0.369 e. The van der Waals surface area contributed by atoms with Crippen LogP contribution in [-0.2, 0) is 4.74 Å². The van der Waals surface area contributed by atoms with Crippen LogP contribution in [0.15, 0.2) is 36.8 Å². The molecular weight excluding hydrogens is 359 g/mol. The molecule has 1 amide bonds. The van der Waals surface area contributed by atoms with Crippen molar-refractivity contribution < 1.29 is 13.9 Å². The van der Waals surface area contributed by atoms with E-state index in [1.54, 1.807) is 24.5 Å². The van der Waals surface area contributed by atoms with Gasteiger partial charge < -0.3 is 15.0 Å². The number of carbonyl (C=O) groups is 1. The summed E-state index contributed by atoms with van der Waals surface area (Å²) >= 11 is 0. The highest BCUT2D eigenvalue weighted by Crippen LogP contribution is 2.55. The molecule has 146 valence electrons. The van der Waals surface area contributed by atoms with Crippen molar-refractivity contribution in [2.45, 2.75) is 31.5 Å². The normalized spacial score (nSPS) is 30.5. The molecule has 3 saturated heterocycles. The number of nitrogens with one attached hydrogen (secondary N) is 1. The third kappa shape index (κ3) is 2.76. The molecule has 0 saturated carbocycles. The number of pyridine rings is 2. The molecule has 0 aliphatic carbocycles. The molecule has 1 N–H and O–H groups in total. The number of aromatic nitrogens is 2. The van der Waals surface area contributed by atoms with Crippen LogP contribution in [0.2, 0.25) is 0 Å². The van der Waals surface area contributed by atoms with Crippen LogP contribution in [0.4, 0.5) is 10.1 Å². The number of ether oxygens (including phenoxy) is 1. The monoisotopic (exact) mass is 382 g/mol. The van der Waals surface area contributed by atoms with Crippen molar-refractivity contribution in [2.24, 2.45) is 11.8 Å². The molecule has 5 rings (SSSR count). The maximum atomic E-state index is 14.2. The number of aryl methyl sites for hydroxylation is 1. The SMILES string of the molecule is Cc1ccc(C(=O)NC[C@H]2[C@H]3CN(c4ccncc4F)C[C@]34CC[C@H]2O4)cn1. The van der Waals surface area contributed by atoms with E-state index in [0.29, 0.717) is 24.3 Å². The lowest BCUT2D eigenvalue weighted by molar-refractivity contribution is 0.0141. The lowest BCUT2D eigenvalue weighted by Gasteiger charge is -2.29. The van der Waals surface area contributed by atoms with E-state index in [1.807, 2.05) is 13.0 Å². The molecule has 7 heteroatoms. The number of hydrogen-bond donors (Lipinski definition) is 1. The van der Waals surface area contributed by atoms with Crippen LogP contribution in [0, 0.1) is 24.6 Å². The zero-order chi connectivity index (χ0) is 19.3. The molecule has 5 heterocycles. The van der Waals surface area contributed by atoms with Crippen molar-refractivity contribution in [3.05, 3.63) is 53.9 Å². The number of fused-ring (bicyclic) bond motifs is 1. The Balaban J connectivity index is 1.30. The van der Waals surface area contributed by atoms with Crippen molar-refractivity contribution >= 4 is 11.6 Å². The Morgan fingerprint density at radius 3 is 3.07 bits per heavy atom. The van der Waals surface area contributed by atoms with Gasteiger partial charge in [0, 0.05) is 49.6 Å². The minimum Gasteiger partial charge on any atom is -0.369 e. The molecule has 3 aliphatic rings. The number of rotatable bonds is 4. The van der Waals surface area contributed by atoms with E-state index in [0.717, 1.165) is 25.1 Å². The molecule has 0 radical (unpaired) electrons. The Labute approximate surface area is 163 Å². The van der Waals surface area contributed by atoms with Crippen LogP contribution in [0.25, 0.3) is 0 Å². The van der Waals surface area contributed by atoms with Crippen molar-refractivity contribution in [1.82, 2.24) is 15.3 Å². The van der Waals surface area contributed by atoms with Crippen LogP contribution in [0.3, 0.4) is 0 Å². The van der Waals surface area contributed by atoms with Crippen molar-refractivity contribution in [3.8, 4) is 0 Å². The summed E-state index contributed by atoms with van der Waals surface area (Å²) in [5.74, 6) is 0.116. The number of nitrogens with zero attached hydrogens (tertiary/aromatic N) is 3. The standard InChI is InChI=1S/C21H23FN4O2/c1-13-2-3-14(8-24-13)20(27)25-9-15-16-11-26(18-5-7-23-10-17(18)22)12-21(16)6-4-19(15)28-21/h2-3,5,7-8,10,15-16,19H,4,6,9,11-12H2,1H3,(H,25,27)/t15-,16+,19+,21+/m0/s1. The first-order valence-electron chi connectivity index (χ1n) is 9.79. The third-order valence-electron chi connectivity index (χ3n) is 6.55. The number of hydrogen-bond acceptors (Lipinski definition) is 5. The molecular formula is C21H23FN4O2. The Hall–Kier alpha value is -2.54. The second-order valence-electron chi connectivity index (χ2n) is 8.14. The number of halogens is 1. The highest BCUT2D eigenvalue weighted by Gasteiger charge is 2.63.